The molecule has 0 radical (unpaired) electrons. The number of carbonyl (C=O) groups excluding carboxylic acids is 1. The number of nitrogens with zero attached hydrogens (tertiary/aromatic N) is 1. The van der Waals surface area contributed by atoms with Gasteiger partial charge in [0.2, 0.25) is 5.91 Å². The van der Waals surface area contributed by atoms with Crippen molar-refractivity contribution in [1.29, 1.82) is 0 Å². The van der Waals surface area contributed by atoms with Gasteiger partial charge in [-0.15, -0.1) is 11.3 Å². The number of halogens is 1. The highest BCUT2D eigenvalue weighted by Gasteiger charge is 2.07. The Kier molecular flexibility index (Phi) is 7.12. The third-order valence-electron chi connectivity index (χ3n) is 4.75. The minimum Gasteiger partial charge on any atom is -0.497 e. The molecule has 7 heteroatoms. The van der Waals surface area contributed by atoms with E-state index in [9.17, 15) is 9.18 Å². The van der Waals surface area contributed by atoms with Crippen LogP contribution >= 0.6 is 11.3 Å². The third kappa shape index (κ3) is 6.27. The van der Waals surface area contributed by atoms with Crippen LogP contribution in [0.3, 0.4) is 0 Å². The highest BCUT2D eigenvalue weighted by Crippen LogP contribution is 2.26. The maximum absolute atomic E-state index is 13.0. The van der Waals surface area contributed by atoms with Crippen molar-refractivity contribution in [3.8, 4) is 22.8 Å². The summed E-state index contributed by atoms with van der Waals surface area (Å²) in [6.45, 7) is 0.351. The number of aromatic nitrogens is 1. The number of thiazole rings is 1. The van der Waals surface area contributed by atoms with Gasteiger partial charge in [0.1, 0.15) is 23.9 Å². The molecule has 4 aromatic rings. The van der Waals surface area contributed by atoms with Crippen LogP contribution in [0.25, 0.3) is 17.3 Å². The summed E-state index contributed by atoms with van der Waals surface area (Å²) in [5, 5.41) is 5.21. The fraction of sp³-hybridized carbons (Fsp3) is 0.0769. The molecule has 0 fully saturated rings. The summed E-state index contributed by atoms with van der Waals surface area (Å²) in [4.78, 5) is 16.7. The van der Waals surface area contributed by atoms with Gasteiger partial charge in [-0.2, -0.15) is 0 Å². The van der Waals surface area contributed by atoms with Gasteiger partial charge < -0.3 is 9.47 Å². The van der Waals surface area contributed by atoms with Gasteiger partial charge in [0.25, 0.3) is 0 Å². The molecule has 0 aliphatic rings. The van der Waals surface area contributed by atoms with Crippen molar-refractivity contribution >= 4 is 28.5 Å². The number of rotatable bonds is 8. The molecule has 3 aromatic carbocycles. The van der Waals surface area contributed by atoms with Crippen LogP contribution in [-0.2, 0) is 11.4 Å². The molecule has 0 saturated heterocycles. The Balaban J connectivity index is 1.29. The van der Waals surface area contributed by atoms with Crippen LogP contribution < -0.4 is 14.8 Å². The minimum atomic E-state index is -0.272. The molecule has 0 aliphatic heterocycles. The quantitative estimate of drug-likeness (QED) is 0.319. The lowest BCUT2D eigenvalue weighted by molar-refractivity contribution is -0.111. The summed E-state index contributed by atoms with van der Waals surface area (Å²) in [6, 6.07) is 21.1. The lowest BCUT2D eigenvalue weighted by atomic mass is 10.2. The van der Waals surface area contributed by atoms with Crippen LogP contribution in [0.2, 0.25) is 0 Å². The molecule has 0 spiro atoms. The first-order valence-corrected chi connectivity index (χ1v) is 11.0. The topological polar surface area (TPSA) is 60.5 Å². The Morgan fingerprint density at radius 3 is 2.39 bits per heavy atom. The highest BCUT2D eigenvalue weighted by molar-refractivity contribution is 7.14. The fourth-order valence-corrected chi connectivity index (χ4v) is 3.69. The van der Waals surface area contributed by atoms with Crippen LogP contribution in [0, 0.1) is 5.82 Å². The van der Waals surface area contributed by atoms with E-state index in [1.807, 2.05) is 53.9 Å². The van der Waals surface area contributed by atoms with Gasteiger partial charge in [-0.25, -0.2) is 9.37 Å². The Bertz CT molecular complexity index is 1230. The van der Waals surface area contributed by atoms with Crippen molar-refractivity contribution < 1.29 is 18.7 Å². The average Bonchev–Trinajstić information content (AvgIpc) is 3.31. The number of hydrogen-bond donors (Lipinski definition) is 1. The van der Waals surface area contributed by atoms with Gasteiger partial charge in [0, 0.05) is 17.0 Å². The zero-order chi connectivity index (χ0) is 23.0. The third-order valence-corrected chi connectivity index (χ3v) is 5.50. The van der Waals surface area contributed by atoms with E-state index in [4.69, 9.17) is 9.47 Å². The van der Waals surface area contributed by atoms with E-state index < -0.39 is 0 Å². The average molecular weight is 461 g/mol. The molecule has 166 valence electrons. The van der Waals surface area contributed by atoms with E-state index in [2.05, 4.69) is 10.3 Å². The highest BCUT2D eigenvalue weighted by atomic mass is 32.1. The predicted molar refractivity (Wildman–Crippen MR) is 129 cm³/mol. The zero-order valence-electron chi connectivity index (χ0n) is 17.8. The van der Waals surface area contributed by atoms with Crippen LogP contribution in [0.1, 0.15) is 11.1 Å². The number of amides is 1. The Hall–Kier alpha value is -3.97. The molecule has 0 aliphatic carbocycles. The SMILES string of the molecule is COc1ccc(-c2csc(NC(=O)C=Cc3ccc(OCc4ccc(F)cc4)cc3)n2)cc1. The molecule has 0 unspecified atom stereocenters. The predicted octanol–water partition coefficient (Wildman–Crippen LogP) is 6.19. The molecule has 4 rings (SSSR count). The van der Waals surface area contributed by atoms with Gasteiger partial charge >= 0.3 is 0 Å². The number of anilines is 1. The maximum Gasteiger partial charge on any atom is 0.250 e. The van der Waals surface area contributed by atoms with Crippen molar-refractivity contribution in [3.63, 3.8) is 0 Å². The first-order chi connectivity index (χ1) is 16.1. The van der Waals surface area contributed by atoms with Gasteiger partial charge in [-0.1, -0.05) is 24.3 Å². The molecule has 1 aromatic heterocycles. The number of ether oxygens (including phenoxy) is 2. The number of methoxy groups -OCH3 is 1. The second-order valence-electron chi connectivity index (χ2n) is 7.07. The van der Waals surface area contributed by atoms with Crippen LogP contribution in [0.5, 0.6) is 11.5 Å². The standard InChI is InChI=1S/C26H21FN2O3S/c1-31-22-13-7-20(8-14-22)24-17-33-26(28-24)29-25(30)15-6-18-4-11-23(12-5-18)32-16-19-2-9-21(27)10-3-19/h2-15,17H,16H2,1H3,(H,28,29,30). The molecule has 1 amide bonds. The van der Waals surface area contributed by atoms with Crippen LogP contribution in [0.15, 0.2) is 84.3 Å². The van der Waals surface area contributed by atoms with Gasteiger partial charge in [0.15, 0.2) is 5.13 Å². The molecule has 0 saturated carbocycles. The van der Waals surface area contributed by atoms with E-state index in [0.29, 0.717) is 17.5 Å². The van der Waals surface area contributed by atoms with Crippen molar-refractivity contribution in [3.05, 3.63) is 101 Å². The molecular weight excluding hydrogens is 439 g/mol. The summed E-state index contributed by atoms with van der Waals surface area (Å²) in [5.41, 5.74) is 3.48. The zero-order valence-corrected chi connectivity index (χ0v) is 18.6. The summed E-state index contributed by atoms with van der Waals surface area (Å²) >= 11 is 1.37. The number of carbonyl (C=O) groups is 1. The minimum absolute atomic E-state index is 0.262. The van der Waals surface area contributed by atoms with Gasteiger partial charge in [-0.3, -0.25) is 10.1 Å². The summed E-state index contributed by atoms with van der Waals surface area (Å²) < 4.78 is 23.8. The number of benzene rings is 3. The Morgan fingerprint density at radius 2 is 1.70 bits per heavy atom. The molecule has 1 N–H and O–H groups in total. The van der Waals surface area contributed by atoms with Crippen molar-refractivity contribution in [2.45, 2.75) is 6.61 Å². The van der Waals surface area contributed by atoms with E-state index in [0.717, 1.165) is 28.1 Å². The number of hydrogen-bond acceptors (Lipinski definition) is 5. The fourth-order valence-electron chi connectivity index (χ4n) is 2.97. The Morgan fingerprint density at radius 1 is 1.00 bits per heavy atom. The lowest BCUT2D eigenvalue weighted by Gasteiger charge is -2.06. The van der Waals surface area contributed by atoms with E-state index >= 15 is 0 Å². The summed E-state index contributed by atoms with van der Waals surface area (Å²) in [7, 11) is 1.62. The van der Waals surface area contributed by atoms with Gasteiger partial charge in [-0.05, 0) is 65.7 Å². The van der Waals surface area contributed by atoms with Crippen molar-refractivity contribution in [1.82, 2.24) is 4.98 Å². The smallest absolute Gasteiger partial charge is 0.250 e. The lowest BCUT2D eigenvalue weighted by Crippen LogP contribution is -2.07. The molecule has 5 nitrogen and oxygen atoms in total. The van der Waals surface area contributed by atoms with E-state index in [1.165, 1.54) is 29.5 Å². The van der Waals surface area contributed by atoms with Crippen LogP contribution in [0.4, 0.5) is 9.52 Å². The van der Waals surface area contributed by atoms with Crippen molar-refractivity contribution in [2.75, 3.05) is 12.4 Å². The largest absolute Gasteiger partial charge is 0.497 e. The first-order valence-electron chi connectivity index (χ1n) is 10.2. The maximum atomic E-state index is 13.0. The molecular formula is C26H21FN2O3S. The molecule has 1 heterocycles. The second-order valence-corrected chi connectivity index (χ2v) is 7.93. The normalized spacial score (nSPS) is 10.8. The monoisotopic (exact) mass is 460 g/mol. The molecule has 0 bridgehead atoms. The number of nitrogens with one attached hydrogen (secondary N) is 1. The second kappa shape index (κ2) is 10.6. The first kappa shape index (κ1) is 22.2. The summed E-state index contributed by atoms with van der Waals surface area (Å²) in [5.74, 6) is 0.934. The summed E-state index contributed by atoms with van der Waals surface area (Å²) in [6.07, 6.45) is 3.18. The Labute approximate surface area is 195 Å². The molecule has 0 atom stereocenters. The van der Waals surface area contributed by atoms with E-state index in [1.54, 1.807) is 25.3 Å². The van der Waals surface area contributed by atoms with E-state index in [-0.39, 0.29) is 11.7 Å². The van der Waals surface area contributed by atoms with Crippen LogP contribution in [-0.4, -0.2) is 18.0 Å². The van der Waals surface area contributed by atoms with Gasteiger partial charge in [0.05, 0.1) is 12.8 Å². The van der Waals surface area contributed by atoms with Crippen molar-refractivity contribution in [2.24, 2.45) is 0 Å². The molecule has 33 heavy (non-hydrogen) atoms.